The van der Waals surface area contributed by atoms with Gasteiger partial charge in [-0.15, -0.1) is 0 Å². The van der Waals surface area contributed by atoms with Crippen molar-refractivity contribution in [3.8, 4) is 11.4 Å². The van der Waals surface area contributed by atoms with Gasteiger partial charge >= 0.3 is 5.97 Å². The minimum Gasteiger partial charge on any atom is -0.507 e. The Morgan fingerprint density at radius 2 is 1.86 bits per heavy atom. The maximum Gasteiger partial charge on any atom is 0.342 e. The highest BCUT2D eigenvalue weighted by Gasteiger charge is 2.20. The van der Waals surface area contributed by atoms with Crippen molar-refractivity contribution >= 4 is 40.2 Å². The van der Waals surface area contributed by atoms with E-state index in [4.69, 9.17) is 4.74 Å². The average Bonchev–Trinajstić information content (AvgIpc) is 2.92. The number of esters is 1. The summed E-state index contributed by atoms with van der Waals surface area (Å²) in [7, 11) is 1.71. The van der Waals surface area contributed by atoms with E-state index < -0.39 is 24.0 Å². The first-order valence-electron chi connectivity index (χ1n) is 8.59. The highest BCUT2D eigenvalue weighted by Crippen LogP contribution is 2.20. The van der Waals surface area contributed by atoms with Crippen molar-refractivity contribution in [2.24, 2.45) is 7.05 Å². The van der Waals surface area contributed by atoms with E-state index in [1.165, 1.54) is 16.8 Å². The van der Waals surface area contributed by atoms with Crippen LogP contribution in [0, 0.1) is 10.5 Å². The second-order valence-electron chi connectivity index (χ2n) is 6.22. The molecule has 0 atom stereocenters. The zero-order chi connectivity index (χ0) is 21.1. The lowest BCUT2D eigenvalue weighted by Gasteiger charge is -2.07. The predicted octanol–water partition coefficient (Wildman–Crippen LogP) is 2.59. The van der Waals surface area contributed by atoms with Gasteiger partial charge in [-0.3, -0.25) is 14.3 Å². The summed E-state index contributed by atoms with van der Waals surface area (Å²) in [5, 5.41) is 12.3. The number of hydrogen-bond acceptors (Lipinski definition) is 5. The van der Waals surface area contributed by atoms with Gasteiger partial charge in [0, 0.05) is 10.6 Å². The third-order valence-electron chi connectivity index (χ3n) is 4.33. The Labute approximate surface area is 179 Å². The van der Waals surface area contributed by atoms with Crippen LogP contribution in [0.3, 0.4) is 0 Å². The second kappa shape index (κ2) is 8.52. The van der Waals surface area contributed by atoms with Gasteiger partial charge < -0.3 is 15.2 Å². The number of carbonyl (C=O) groups excluding carboxylic acids is 2. The number of anilines is 1. The Morgan fingerprint density at radius 3 is 2.55 bits per heavy atom. The van der Waals surface area contributed by atoms with Crippen molar-refractivity contribution in [2.45, 2.75) is 6.92 Å². The van der Waals surface area contributed by atoms with Gasteiger partial charge in [-0.1, -0.05) is 18.2 Å². The van der Waals surface area contributed by atoms with E-state index in [2.05, 4.69) is 5.32 Å². The first kappa shape index (κ1) is 20.6. The number of hydrogen-bond donors (Lipinski definition) is 2. The quantitative estimate of drug-likeness (QED) is 0.409. The smallest absolute Gasteiger partial charge is 0.342 e. The number of para-hydroxylation sites is 1. The minimum atomic E-state index is -0.831. The van der Waals surface area contributed by atoms with Crippen LogP contribution in [0.15, 0.2) is 53.3 Å². The number of nitrogens with one attached hydrogen (secondary N) is 1. The number of halogens is 1. The highest BCUT2D eigenvalue weighted by molar-refractivity contribution is 14.1. The number of aromatic hydroxyl groups is 1. The lowest BCUT2D eigenvalue weighted by atomic mass is 10.2. The molecule has 3 aromatic rings. The Bertz CT molecular complexity index is 1140. The fraction of sp³-hybridized carbons (Fsp3) is 0.150. The number of carbonyl (C=O) groups is 2. The molecule has 2 N–H and O–H groups in total. The van der Waals surface area contributed by atoms with E-state index in [9.17, 15) is 19.5 Å². The van der Waals surface area contributed by atoms with E-state index in [1.54, 1.807) is 36.9 Å². The molecule has 0 radical (unpaired) electrons. The monoisotopic (exact) mass is 507 g/mol. The summed E-state index contributed by atoms with van der Waals surface area (Å²) in [6.07, 6.45) is 0. The molecule has 2 aromatic carbocycles. The lowest BCUT2D eigenvalue weighted by molar-refractivity contribution is -0.119. The molecule has 0 bridgehead atoms. The highest BCUT2D eigenvalue weighted by atomic mass is 127. The van der Waals surface area contributed by atoms with Crippen molar-refractivity contribution in [2.75, 3.05) is 11.9 Å². The van der Waals surface area contributed by atoms with Crippen LogP contribution < -0.4 is 10.9 Å². The Balaban J connectivity index is 1.74. The van der Waals surface area contributed by atoms with Gasteiger partial charge in [-0.05, 0) is 59.8 Å². The number of phenolic OH excluding ortho intramolecular Hbond substituents is 1. The normalized spacial score (nSPS) is 10.6. The maximum absolute atomic E-state index is 12.8. The van der Waals surface area contributed by atoms with Gasteiger partial charge in [0.05, 0.1) is 11.4 Å². The predicted molar refractivity (Wildman–Crippen MR) is 115 cm³/mol. The van der Waals surface area contributed by atoms with E-state index in [0.717, 1.165) is 3.57 Å². The summed E-state index contributed by atoms with van der Waals surface area (Å²) in [6, 6.07) is 13.5. The summed E-state index contributed by atoms with van der Waals surface area (Å²) in [6.45, 7) is 1.11. The summed E-state index contributed by atoms with van der Waals surface area (Å²) in [5.41, 5.74) is 0.880. The van der Waals surface area contributed by atoms with Gasteiger partial charge in [0.2, 0.25) is 0 Å². The lowest BCUT2D eigenvalue weighted by Crippen LogP contribution is -2.25. The average molecular weight is 507 g/mol. The molecule has 150 valence electrons. The van der Waals surface area contributed by atoms with E-state index in [0.29, 0.717) is 11.4 Å². The van der Waals surface area contributed by atoms with E-state index in [1.807, 2.05) is 40.8 Å². The van der Waals surface area contributed by atoms with Crippen molar-refractivity contribution in [3.63, 3.8) is 0 Å². The molecular formula is C20H18IN3O5. The summed E-state index contributed by atoms with van der Waals surface area (Å²) in [4.78, 5) is 37.1. The van der Waals surface area contributed by atoms with Crippen LogP contribution in [-0.2, 0) is 16.6 Å². The summed E-state index contributed by atoms with van der Waals surface area (Å²) < 4.78 is 8.76. The minimum absolute atomic E-state index is 0.0352. The van der Waals surface area contributed by atoms with Crippen LogP contribution in [0.2, 0.25) is 0 Å². The Hall–Kier alpha value is -3.08. The van der Waals surface area contributed by atoms with Crippen molar-refractivity contribution < 1.29 is 19.4 Å². The number of phenols is 1. The zero-order valence-electron chi connectivity index (χ0n) is 15.7. The summed E-state index contributed by atoms with van der Waals surface area (Å²) >= 11 is 1.99. The van der Waals surface area contributed by atoms with Crippen molar-refractivity contribution in [1.82, 2.24) is 9.36 Å². The Kier molecular flexibility index (Phi) is 6.06. The third-order valence-corrected chi connectivity index (χ3v) is 5.00. The molecule has 0 unspecified atom stereocenters. The standard InChI is InChI=1S/C20H18IN3O5/c1-12-18(19(27)24(23(12)2)14-6-4-3-5-7-14)22-17(26)11-29-20(28)15-10-13(21)8-9-16(15)25/h3-10,25H,11H2,1-2H3,(H,22,26). The van der Waals surface area contributed by atoms with E-state index in [-0.39, 0.29) is 17.0 Å². The first-order valence-corrected chi connectivity index (χ1v) is 9.67. The van der Waals surface area contributed by atoms with Gasteiger partial charge in [-0.2, -0.15) is 0 Å². The third kappa shape index (κ3) is 4.34. The van der Waals surface area contributed by atoms with Crippen molar-refractivity contribution in [1.29, 1.82) is 0 Å². The number of nitrogens with zero attached hydrogens (tertiary/aromatic N) is 2. The molecule has 0 aliphatic rings. The van der Waals surface area contributed by atoms with Crippen LogP contribution in [0.4, 0.5) is 5.69 Å². The van der Waals surface area contributed by atoms with Crippen LogP contribution in [0.5, 0.6) is 5.75 Å². The molecular weight excluding hydrogens is 489 g/mol. The molecule has 0 spiro atoms. The second-order valence-corrected chi connectivity index (χ2v) is 7.47. The fourth-order valence-corrected chi connectivity index (χ4v) is 3.26. The largest absolute Gasteiger partial charge is 0.507 e. The molecule has 1 heterocycles. The van der Waals surface area contributed by atoms with E-state index >= 15 is 0 Å². The maximum atomic E-state index is 12.8. The van der Waals surface area contributed by atoms with Gasteiger partial charge in [0.25, 0.3) is 11.5 Å². The topological polar surface area (TPSA) is 103 Å². The SMILES string of the molecule is Cc1c(NC(=O)COC(=O)c2cc(I)ccc2O)c(=O)n(-c2ccccc2)n1C. The zero-order valence-corrected chi connectivity index (χ0v) is 17.8. The molecule has 0 aliphatic carbocycles. The number of aromatic nitrogens is 2. The van der Waals surface area contributed by atoms with Crippen LogP contribution >= 0.6 is 22.6 Å². The molecule has 3 rings (SSSR count). The molecule has 8 nitrogen and oxygen atoms in total. The number of ether oxygens (including phenoxy) is 1. The fourth-order valence-electron chi connectivity index (χ4n) is 2.77. The number of rotatable bonds is 5. The number of benzene rings is 2. The molecule has 29 heavy (non-hydrogen) atoms. The van der Waals surface area contributed by atoms with Gasteiger partial charge in [0.1, 0.15) is 17.0 Å². The number of amides is 1. The van der Waals surface area contributed by atoms with Gasteiger partial charge in [0.15, 0.2) is 6.61 Å². The molecule has 1 amide bonds. The molecule has 0 fully saturated rings. The first-order chi connectivity index (χ1) is 13.8. The van der Waals surface area contributed by atoms with Crippen molar-refractivity contribution in [3.05, 3.63) is 73.7 Å². The molecule has 0 aliphatic heterocycles. The van der Waals surface area contributed by atoms with Crippen LogP contribution in [0.1, 0.15) is 16.1 Å². The Morgan fingerprint density at radius 1 is 1.17 bits per heavy atom. The van der Waals surface area contributed by atoms with Crippen LogP contribution in [-0.4, -0.2) is 33.0 Å². The molecule has 0 saturated carbocycles. The van der Waals surface area contributed by atoms with Crippen LogP contribution in [0.25, 0.3) is 5.69 Å². The molecule has 0 saturated heterocycles. The summed E-state index contributed by atoms with van der Waals surface area (Å²) in [5.74, 6) is -1.72. The molecule has 9 heteroatoms. The molecule has 1 aromatic heterocycles. The van der Waals surface area contributed by atoms with Gasteiger partial charge in [-0.25, -0.2) is 9.48 Å².